The van der Waals surface area contributed by atoms with Crippen LogP contribution in [0.5, 0.6) is 0 Å². The van der Waals surface area contributed by atoms with Crippen molar-refractivity contribution in [3.63, 3.8) is 0 Å². The van der Waals surface area contributed by atoms with Gasteiger partial charge in [-0.2, -0.15) is 0 Å². The fraction of sp³-hybridized carbons (Fsp3) is 0.812. The maximum atomic E-state index is 5.23. The van der Waals surface area contributed by atoms with E-state index in [1.807, 2.05) is 13.8 Å². The Morgan fingerprint density at radius 3 is 2.37 bits per heavy atom. The number of hydrogen-bond acceptors (Lipinski definition) is 3. The Hall–Kier alpha value is -0.830. The van der Waals surface area contributed by atoms with Crippen LogP contribution in [0.3, 0.4) is 0 Å². The third kappa shape index (κ3) is 5.35. The smallest absolute Gasteiger partial charge is 0.138 e. The van der Waals surface area contributed by atoms with Crippen LogP contribution in [0.4, 0.5) is 0 Å². The van der Waals surface area contributed by atoms with Gasteiger partial charge in [0.1, 0.15) is 5.76 Å². The molecule has 0 aliphatic heterocycles. The Bertz CT molecular complexity index is 340. The van der Waals surface area contributed by atoms with Crippen LogP contribution in [-0.4, -0.2) is 11.2 Å². The molecule has 3 nitrogen and oxygen atoms in total. The molecular weight excluding hydrogens is 236 g/mol. The summed E-state index contributed by atoms with van der Waals surface area (Å²) >= 11 is 0. The first-order valence-corrected chi connectivity index (χ1v) is 7.75. The highest BCUT2D eigenvalue weighted by molar-refractivity contribution is 5.24. The number of aromatic nitrogens is 1. The van der Waals surface area contributed by atoms with Crippen molar-refractivity contribution in [1.29, 1.82) is 0 Å². The molecule has 1 heterocycles. The Balaban J connectivity index is 2.30. The molecule has 0 saturated heterocycles. The second-order valence-electron chi connectivity index (χ2n) is 5.73. The quantitative estimate of drug-likeness (QED) is 0.659. The maximum absolute atomic E-state index is 5.23. The van der Waals surface area contributed by atoms with Gasteiger partial charge in [0.05, 0.1) is 5.69 Å². The maximum Gasteiger partial charge on any atom is 0.138 e. The first-order chi connectivity index (χ1) is 9.06. The second-order valence-corrected chi connectivity index (χ2v) is 5.73. The fourth-order valence-corrected chi connectivity index (χ4v) is 2.76. The third-order valence-corrected chi connectivity index (χ3v) is 3.80. The molecule has 0 aromatic carbocycles. The number of aryl methyl sites for hydroxylation is 2. The molecule has 0 spiro atoms. The van der Waals surface area contributed by atoms with Gasteiger partial charge < -0.3 is 9.84 Å². The van der Waals surface area contributed by atoms with Crippen molar-refractivity contribution in [3.8, 4) is 0 Å². The number of rotatable bonds is 9. The number of nitrogens with zero attached hydrogens (tertiary/aromatic N) is 1. The SMILES string of the molecule is CCCCCCCC(C)NC(C)c1c(C)noc1C. The van der Waals surface area contributed by atoms with Gasteiger partial charge in [0.2, 0.25) is 0 Å². The molecule has 110 valence electrons. The molecular formula is C16H30N2O. The van der Waals surface area contributed by atoms with Gasteiger partial charge in [-0.25, -0.2) is 0 Å². The number of nitrogens with one attached hydrogen (secondary N) is 1. The molecule has 0 aliphatic carbocycles. The van der Waals surface area contributed by atoms with Gasteiger partial charge in [0, 0.05) is 17.6 Å². The molecule has 0 aliphatic rings. The van der Waals surface area contributed by atoms with Crippen LogP contribution in [0.2, 0.25) is 0 Å². The predicted octanol–water partition coefficient (Wildman–Crippen LogP) is 4.69. The van der Waals surface area contributed by atoms with E-state index in [2.05, 4.69) is 31.2 Å². The fourth-order valence-electron chi connectivity index (χ4n) is 2.76. The van der Waals surface area contributed by atoms with E-state index >= 15 is 0 Å². The Kier molecular flexibility index (Phi) is 7.14. The van der Waals surface area contributed by atoms with Gasteiger partial charge in [0.25, 0.3) is 0 Å². The Morgan fingerprint density at radius 2 is 1.79 bits per heavy atom. The van der Waals surface area contributed by atoms with Gasteiger partial charge in [-0.15, -0.1) is 0 Å². The molecule has 0 bridgehead atoms. The van der Waals surface area contributed by atoms with Crippen molar-refractivity contribution in [1.82, 2.24) is 10.5 Å². The number of unbranched alkanes of at least 4 members (excludes halogenated alkanes) is 4. The Morgan fingerprint density at radius 1 is 1.11 bits per heavy atom. The molecule has 0 radical (unpaired) electrons. The predicted molar refractivity (Wildman–Crippen MR) is 80.4 cm³/mol. The average molecular weight is 266 g/mol. The van der Waals surface area contributed by atoms with Crippen LogP contribution >= 0.6 is 0 Å². The van der Waals surface area contributed by atoms with Crippen molar-refractivity contribution in [2.24, 2.45) is 0 Å². The van der Waals surface area contributed by atoms with Crippen molar-refractivity contribution in [3.05, 3.63) is 17.0 Å². The average Bonchev–Trinajstić information content (AvgIpc) is 2.68. The van der Waals surface area contributed by atoms with Gasteiger partial charge in [-0.05, 0) is 34.1 Å². The van der Waals surface area contributed by atoms with Gasteiger partial charge in [-0.1, -0.05) is 44.2 Å². The van der Waals surface area contributed by atoms with E-state index < -0.39 is 0 Å². The molecule has 0 fully saturated rings. The minimum atomic E-state index is 0.317. The van der Waals surface area contributed by atoms with Gasteiger partial charge in [-0.3, -0.25) is 0 Å². The van der Waals surface area contributed by atoms with Crippen molar-refractivity contribution >= 4 is 0 Å². The third-order valence-electron chi connectivity index (χ3n) is 3.80. The highest BCUT2D eigenvalue weighted by Gasteiger charge is 2.17. The zero-order valence-electron chi connectivity index (χ0n) is 13.3. The summed E-state index contributed by atoms with van der Waals surface area (Å²) in [5.41, 5.74) is 2.23. The lowest BCUT2D eigenvalue weighted by molar-refractivity contribution is 0.387. The van der Waals surface area contributed by atoms with E-state index in [0.717, 1.165) is 11.5 Å². The summed E-state index contributed by atoms with van der Waals surface area (Å²) in [6, 6.07) is 0.863. The summed E-state index contributed by atoms with van der Waals surface area (Å²) in [6.45, 7) is 10.7. The minimum Gasteiger partial charge on any atom is -0.361 e. The minimum absolute atomic E-state index is 0.317. The lowest BCUT2D eigenvalue weighted by atomic mass is 10.0. The summed E-state index contributed by atoms with van der Waals surface area (Å²) in [5.74, 6) is 0.938. The standard InChI is InChI=1S/C16H30N2O/c1-6-7-8-9-10-11-12(2)17-13(3)16-14(4)18-19-15(16)5/h12-13,17H,6-11H2,1-5H3. The Labute approximate surface area is 118 Å². The summed E-state index contributed by atoms with van der Waals surface area (Å²) in [4.78, 5) is 0. The van der Waals surface area contributed by atoms with E-state index in [1.54, 1.807) is 0 Å². The van der Waals surface area contributed by atoms with Crippen molar-refractivity contribution in [2.45, 2.75) is 85.2 Å². The van der Waals surface area contributed by atoms with Crippen LogP contribution in [-0.2, 0) is 0 Å². The molecule has 2 atom stereocenters. The first-order valence-electron chi connectivity index (χ1n) is 7.75. The highest BCUT2D eigenvalue weighted by atomic mass is 16.5. The zero-order valence-corrected chi connectivity index (χ0v) is 13.3. The zero-order chi connectivity index (χ0) is 14.3. The second kappa shape index (κ2) is 8.36. The largest absolute Gasteiger partial charge is 0.361 e. The van der Waals surface area contributed by atoms with E-state index in [0.29, 0.717) is 12.1 Å². The number of hydrogen-bond donors (Lipinski definition) is 1. The molecule has 1 aromatic heterocycles. The van der Waals surface area contributed by atoms with Crippen LogP contribution < -0.4 is 5.32 Å². The van der Waals surface area contributed by atoms with E-state index in [-0.39, 0.29) is 0 Å². The van der Waals surface area contributed by atoms with Gasteiger partial charge >= 0.3 is 0 Å². The molecule has 0 saturated carbocycles. The van der Waals surface area contributed by atoms with Gasteiger partial charge in [0.15, 0.2) is 0 Å². The van der Waals surface area contributed by atoms with Crippen LogP contribution in [0.1, 0.15) is 82.4 Å². The summed E-state index contributed by atoms with van der Waals surface area (Å²) < 4.78 is 5.23. The van der Waals surface area contributed by atoms with Crippen LogP contribution in [0, 0.1) is 13.8 Å². The van der Waals surface area contributed by atoms with E-state index in [1.165, 1.54) is 44.1 Å². The van der Waals surface area contributed by atoms with E-state index in [9.17, 15) is 0 Å². The highest BCUT2D eigenvalue weighted by Crippen LogP contribution is 2.22. The molecule has 0 amide bonds. The topological polar surface area (TPSA) is 38.1 Å². The molecule has 2 unspecified atom stereocenters. The summed E-state index contributed by atoms with van der Waals surface area (Å²) in [7, 11) is 0. The molecule has 1 rings (SSSR count). The summed E-state index contributed by atoms with van der Waals surface area (Å²) in [5, 5.41) is 7.68. The van der Waals surface area contributed by atoms with Crippen molar-refractivity contribution < 1.29 is 4.52 Å². The molecule has 1 N–H and O–H groups in total. The lowest BCUT2D eigenvalue weighted by Crippen LogP contribution is -2.29. The van der Waals surface area contributed by atoms with Crippen molar-refractivity contribution in [2.75, 3.05) is 0 Å². The molecule has 3 heteroatoms. The summed E-state index contributed by atoms with van der Waals surface area (Å²) in [6.07, 6.45) is 8.00. The molecule has 1 aromatic rings. The monoisotopic (exact) mass is 266 g/mol. The van der Waals surface area contributed by atoms with E-state index in [4.69, 9.17) is 4.52 Å². The lowest BCUT2D eigenvalue weighted by Gasteiger charge is -2.20. The molecule has 19 heavy (non-hydrogen) atoms. The normalized spacial score (nSPS) is 14.6. The van der Waals surface area contributed by atoms with Crippen LogP contribution in [0.15, 0.2) is 4.52 Å². The van der Waals surface area contributed by atoms with Crippen LogP contribution in [0.25, 0.3) is 0 Å². The first kappa shape index (κ1) is 16.2.